The summed E-state index contributed by atoms with van der Waals surface area (Å²) in [6.45, 7) is 3.36. The van der Waals surface area contributed by atoms with Crippen molar-refractivity contribution in [3.8, 4) is 0 Å². The first kappa shape index (κ1) is 11.9. The summed E-state index contributed by atoms with van der Waals surface area (Å²) in [6, 6.07) is 0.303. The molecule has 0 aromatic heterocycles. The topological polar surface area (TPSA) is 50.7 Å². The van der Waals surface area contributed by atoms with Crippen molar-refractivity contribution in [1.29, 1.82) is 0 Å². The lowest BCUT2D eigenvalue weighted by molar-refractivity contribution is -0.119. The molecule has 3 heterocycles. The molecule has 3 rings (SSSR count). The van der Waals surface area contributed by atoms with Crippen LogP contribution in [0.2, 0.25) is 0 Å². The third-order valence-corrected chi connectivity index (χ3v) is 4.59. The van der Waals surface area contributed by atoms with Crippen LogP contribution in [-0.4, -0.2) is 49.2 Å². The molecule has 0 amide bonds. The average Bonchev–Trinajstić information content (AvgIpc) is 3.00. The zero-order valence-electron chi connectivity index (χ0n) is 10.4. The van der Waals surface area contributed by atoms with Crippen molar-refractivity contribution in [2.24, 2.45) is 5.92 Å². The van der Waals surface area contributed by atoms with Crippen molar-refractivity contribution in [2.75, 3.05) is 26.4 Å². The zero-order chi connectivity index (χ0) is 11.7. The van der Waals surface area contributed by atoms with E-state index in [0.717, 1.165) is 45.4 Å². The Morgan fingerprint density at radius 2 is 2.24 bits per heavy atom. The van der Waals surface area contributed by atoms with Gasteiger partial charge in [0, 0.05) is 25.7 Å². The van der Waals surface area contributed by atoms with Crippen LogP contribution in [0.5, 0.6) is 0 Å². The normalized spacial score (nSPS) is 44.3. The van der Waals surface area contributed by atoms with E-state index in [1.54, 1.807) is 0 Å². The molecule has 4 heteroatoms. The molecule has 3 saturated heterocycles. The molecule has 0 aliphatic carbocycles. The second-order valence-corrected chi connectivity index (χ2v) is 5.78. The van der Waals surface area contributed by atoms with Crippen LogP contribution in [0.4, 0.5) is 0 Å². The lowest BCUT2D eigenvalue weighted by Gasteiger charge is -2.40. The Bertz CT molecular complexity index is 259. The number of hydrogen-bond acceptors (Lipinski definition) is 4. The van der Waals surface area contributed by atoms with Gasteiger partial charge in [-0.2, -0.15) is 0 Å². The molecule has 98 valence electrons. The fraction of sp³-hybridized carbons (Fsp3) is 1.00. The minimum absolute atomic E-state index is 0.0809. The van der Waals surface area contributed by atoms with Gasteiger partial charge in [-0.3, -0.25) is 0 Å². The number of nitrogens with one attached hydrogen (secondary N) is 1. The average molecular weight is 241 g/mol. The molecule has 3 fully saturated rings. The molecule has 4 atom stereocenters. The van der Waals surface area contributed by atoms with Crippen molar-refractivity contribution in [1.82, 2.24) is 5.32 Å². The van der Waals surface area contributed by atoms with Crippen LogP contribution in [0, 0.1) is 5.92 Å². The van der Waals surface area contributed by atoms with Gasteiger partial charge in [-0.25, -0.2) is 0 Å². The molecule has 0 bridgehead atoms. The SMILES string of the molecule is OC(C1CCOC2(CCOC2)C1)C1CCCN1. The van der Waals surface area contributed by atoms with E-state index >= 15 is 0 Å². The molecule has 3 aliphatic rings. The highest BCUT2D eigenvalue weighted by Crippen LogP contribution is 2.38. The summed E-state index contributed by atoms with van der Waals surface area (Å²) >= 11 is 0. The van der Waals surface area contributed by atoms with Gasteiger partial charge in [0.25, 0.3) is 0 Å². The first-order valence-electron chi connectivity index (χ1n) is 6.92. The first-order chi connectivity index (χ1) is 8.29. The van der Waals surface area contributed by atoms with E-state index in [-0.39, 0.29) is 11.7 Å². The minimum atomic E-state index is -0.209. The summed E-state index contributed by atoms with van der Waals surface area (Å²) in [4.78, 5) is 0. The predicted molar refractivity (Wildman–Crippen MR) is 63.9 cm³/mol. The van der Waals surface area contributed by atoms with Crippen LogP contribution in [0.25, 0.3) is 0 Å². The fourth-order valence-electron chi connectivity index (χ4n) is 3.55. The van der Waals surface area contributed by atoms with Crippen molar-refractivity contribution < 1.29 is 14.6 Å². The second kappa shape index (κ2) is 4.84. The number of aliphatic hydroxyl groups excluding tert-OH is 1. The van der Waals surface area contributed by atoms with Crippen LogP contribution in [0.15, 0.2) is 0 Å². The maximum atomic E-state index is 10.5. The Morgan fingerprint density at radius 1 is 1.29 bits per heavy atom. The van der Waals surface area contributed by atoms with Gasteiger partial charge in [0.15, 0.2) is 0 Å². The minimum Gasteiger partial charge on any atom is -0.391 e. The van der Waals surface area contributed by atoms with Crippen molar-refractivity contribution >= 4 is 0 Å². The molecular formula is C13H23NO3. The van der Waals surface area contributed by atoms with E-state index in [1.165, 1.54) is 6.42 Å². The summed E-state index contributed by atoms with van der Waals surface area (Å²) in [6.07, 6.45) is 5.04. The lowest BCUT2D eigenvalue weighted by Crippen LogP contribution is -2.48. The highest BCUT2D eigenvalue weighted by atomic mass is 16.6. The van der Waals surface area contributed by atoms with Gasteiger partial charge in [0.1, 0.15) is 0 Å². The number of hydrogen-bond donors (Lipinski definition) is 2. The van der Waals surface area contributed by atoms with Crippen LogP contribution >= 0.6 is 0 Å². The van der Waals surface area contributed by atoms with Gasteiger partial charge < -0.3 is 19.9 Å². The van der Waals surface area contributed by atoms with Gasteiger partial charge >= 0.3 is 0 Å². The summed E-state index contributed by atoms with van der Waals surface area (Å²) in [7, 11) is 0. The summed E-state index contributed by atoms with van der Waals surface area (Å²) in [5, 5.41) is 13.9. The Hall–Kier alpha value is -0.160. The Kier molecular flexibility index (Phi) is 3.39. The second-order valence-electron chi connectivity index (χ2n) is 5.78. The molecule has 3 aliphatic heterocycles. The fourth-order valence-corrected chi connectivity index (χ4v) is 3.55. The summed E-state index contributed by atoms with van der Waals surface area (Å²) in [5.74, 6) is 0.376. The Balaban J connectivity index is 1.62. The van der Waals surface area contributed by atoms with E-state index in [0.29, 0.717) is 18.6 Å². The van der Waals surface area contributed by atoms with Gasteiger partial charge in [-0.05, 0) is 38.1 Å². The van der Waals surface area contributed by atoms with E-state index in [4.69, 9.17) is 9.47 Å². The highest BCUT2D eigenvalue weighted by Gasteiger charge is 2.44. The van der Waals surface area contributed by atoms with Crippen LogP contribution in [0.1, 0.15) is 32.1 Å². The van der Waals surface area contributed by atoms with Crippen LogP contribution in [0.3, 0.4) is 0 Å². The molecule has 4 nitrogen and oxygen atoms in total. The monoisotopic (exact) mass is 241 g/mol. The highest BCUT2D eigenvalue weighted by molar-refractivity contribution is 4.95. The van der Waals surface area contributed by atoms with Crippen LogP contribution in [-0.2, 0) is 9.47 Å². The molecule has 2 N–H and O–H groups in total. The van der Waals surface area contributed by atoms with E-state index in [2.05, 4.69) is 5.32 Å². The maximum absolute atomic E-state index is 10.5. The van der Waals surface area contributed by atoms with Gasteiger partial charge in [0.05, 0.1) is 18.3 Å². The molecule has 1 spiro atoms. The van der Waals surface area contributed by atoms with E-state index in [9.17, 15) is 5.11 Å². The zero-order valence-corrected chi connectivity index (χ0v) is 10.4. The molecular weight excluding hydrogens is 218 g/mol. The quantitative estimate of drug-likeness (QED) is 0.746. The van der Waals surface area contributed by atoms with E-state index in [1.807, 2.05) is 0 Å². The first-order valence-corrected chi connectivity index (χ1v) is 6.92. The standard InChI is InChI=1S/C13H23NO3/c15-12(11-2-1-5-14-11)10-3-6-17-13(8-10)4-7-16-9-13/h10-12,14-15H,1-9H2. The molecule has 0 aromatic carbocycles. The third-order valence-electron chi connectivity index (χ3n) is 4.59. The van der Waals surface area contributed by atoms with Crippen LogP contribution < -0.4 is 5.32 Å². The largest absolute Gasteiger partial charge is 0.391 e. The van der Waals surface area contributed by atoms with Crippen molar-refractivity contribution in [3.63, 3.8) is 0 Å². The molecule has 0 radical (unpaired) electrons. The van der Waals surface area contributed by atoms with Crippen molar-refractivity contribution in [2.45, 2.75) is 49.9 Å². The van der Waals surface area contributed by atoms with E-state index < -0.39 is 0 Å². The summed E-state index contributed by atoms with van der Waals surface area (Å²) in [5.41, 5.74) is -0.0809. The van der Waals surface area contributed by atoms with Gasteiger partial charge in [0.2, 0.25) is 0 Å². The third kappa shape index (κ3) is 2.36. The summed E-state index contributed by atoms with van der Waals surface area (Å²) < 4.78 is 11.4. The number of ether oxygens (including phenoxy) is 2. The smallest absolute Gasteiger partial charge is 0.0940 e. The Morgan fingerprint density at radius 3 is 2.94 bits per heavy atom. The van der Waals surface area contributed by atoms with Gasteiger partial charge in [-0.1, -0.05) is 0 Å². The molecule has 0 aromatic rings. The lowest BCUT2D eigenvalue weighted by atomic mass is 9.80. The number of aliphatic hydroxyl groups is 1. The Labute approximate surface area is 103 Å². The predicted octanol–water partition coefficient (Wildman–Crippen LogP) is 0.685. The van der Waals surface area contributed by atoms with Gasteiger partial charge in [-0.15, -0.1) is 0 Å². The van der Waals surface area contributed by atoms with Crippen molar-refractivity contribution in [3.05, 3.63) is 0 Å². The number of rotatable bonds is 2. The molecule has 0 saturated carbocycles. The molecule has 17 heavy (non-hydrogen) atoms. The molecule has 4 unspecified atom stereocenters. The maximum Gasteiger partial charge on any atom is 0.0940 e.